The highest BCUT2D eigenvalue weighted by molar-refractivity contribution is 5.81. The van der Waals surface area contributed by atoms with E-state index in [-0.39, 0.29) is 18.2 Å². The third-order valence-electron chi connectivity index (χ3n) is 4.91. The molecule has 2 aliphatic rings. The maximum atomic E-state index is 12.0. The zero-order valence-electron chi connectivity index (χ0n) is 12.8. The first-order valence-electron chi connectivity index (χ1n) is 7.17. The number of likely N-dealkylation sites (N-methyl/N-ethyl adjacent to an activating group) is 1. The Bertz CT molecular complexity index is 340. The zero-order valence-corrected chi connectivity index (χ0v) is 12.8. The van der Waals surface area contributed by atoms with Gasteiger partial charge in [0, 0.05) is 33.4 Å². The van der Waals surface area contributed by atoms with Crippen LogP contribution in [0.3, 0.4) is 0 Å². The predicted molar refractivity (Wildman–Crippen MR) is 74.6 cm³/mol. The molecule has 4 unspecified atom stereocenters. The number of hydrogen-bond donors (Lipinski definition) is 1. The lowest BCUT2D eigenvalue weighted by molar-refractivity contribution is -0.148. The normalized spacial score (nSPS) is 38.3. The molecule has 1 saturated carbocycles. The lowest BCUT2D eigenvalue weighted by atomic mass is 9.97. The van der Waals surface area contributed by atoms with Crippen molar-refractivity contribution in [3.05, 3.63) is 0 Å². The smallest absolute Gasteiger partial charge is 0.326 e. The van der Waals surface area contributed by atoms with Crippen LogP contribution in [0.2, 0.25) is 0 Å². The Kier molecular flexibility index (Phi) is 5.01. The van der Waals surface area contributed by atoms with Gasteiger partial charge in [-0.25, -0.2) is 0 Å². The van der Waals surface area contributed by atoms with Crippen molar-refractivity contribution in [3.63, 3.8) is 0 Å². The first kappa shape index (κ1) is 15.7. The number of nitrogens with one attached hydrogen (secondary N) is 1. The van der Waals surface area contributed by atoms with Crippen LogP contribution in [0.4, 0.5) is 0 Å². The van der Waals surface area contributed by atoms with E-state index in [2.05, 4.69) is 10.2 Å². The van der Waals surface area contributed by atoms with Crippen molar-refractivity contribution in [2.45, 2.75) is 43.1 Å². The van der Waals surface area contributed by atoms with Gasteiger partial charge < -0.3 is 19.5 Å². The molecule has 0 amide bonds. The predicted octanol–water partition coefficient (Wildman–Crippen LogP) is 0.0157. The zero-order chi connectivity index (χ0) is 14.8. The van der Waals surface area contributed by atoms with Crippen molar-refractivity contribution in [1.29, 1.82) is 0 Å². The second-order valence-corrected chi connectivity index (χ2v) is 5.72. The molecule has 20 heavy (non-hydrogen) atoms. The van der Waals surface area contributed by atoms with Gasteiger partial charge >= 0.3 is 5.97 Å². The van der Waals surface area contributed by atoms with Crippen LogP contribution in [0.5, 0.6) is 0 Å². The molecule has 6 heteroatoms. The van der Waals surface area contributed by atoms with E-state index in [0.717, 1.165) is 32.4 Å². The molecule has 1 heterocycles. The van der Waals surface area contributed by atoms with Crippen molar-refractivity contribution in [2.75, 3.05) is 41.5 Å². The Morgan fingerprint density at radius 2 is 1.80 bits per heavy atom. The molecule has 0 radical (unpaired) electrons. The molecule has 1 N–H and O–H groups in total. The van der Waals surface area contributed by atoms with E-state index in [9.17, 15) is 4.79 Å². The third kappa shape index (κ3) is 2.70. The average Bonchev–Trinajstić information content (AvgIpc) is 3.10. The molecule has 116 valence electrons. The summed E-state index contributed by atoms with van der Waals surface area (Å²) < 4.78 is 15.9. The van der Waals surface area contributed by atoms with Gasteiger partial charge in [-0.15, -0.1) is 0 Å². The second kappa shape index (κ2) is 6.39. The fraction of sp³-hybridized carbons (Fsp3) is 0.929. The van der Waals surface area contributed by atoms with Crippen LogP contribution < -0.4 is 5.32 Å². The lowest BCUT2D eigenvalue weighted by Crippen LogP contribution is -2.50. The lowest BCUT2D eigenvalue weighted by Gasteiger charge is -2.28. The van der Waals surface area contributed by atoms with Gasteiger partial charge in [0.1, 0.15) is 5.54 Å². The molecule has 4 atom stereocenters. The number of esters is 1. The van der Waals surface area contributed by atoms with Crippen LogP contribution in [0, 0.1) is 0 Å². The topological polar surface area (TPSA) is 60.0 Å². The highest BCUT2D eigenvalue weighted by Crippen LogP contribution is 2.35. The van der Waals surface area contributed by atoms with Crippen molar-refractivity contribution in [3.8, 4) is 0 Å². The van der Waals surface area contributed by atoms with E-state index in [1.807, 2.05) is 7.05 Å². The molecule has 0 aromatic rings. The average molecular weight is 286 g/mol. The Hall–Kier alpha value is -0.690. The van der Waals surface area contributed by atoms with Crippen LogP contribution in [0.1, 0.15) is 19.3 Å². The number of ether oxygens (including phenoxy) is 3. The van der Waals surface area contributed by atoms with Crippen molar-refractivity contribution < 1.29 is 19.0 Å². The van der Waals surface area contributed by atoms with Crippen LogP contribution in [0.25, 0.3) is 0 Å². The summed E-state index contributed by atoms with van der Waals surface area (Å²) in [5.41, 5.74) is -0.535. The van der Waals surface area contributed by atoms with Crippen LogP contribution in [-0.4, -0.2) is 76.1 Å². The minimum Gasteiger partial charge on any atom is -0.468 e. The van der Waals surface area contributed by atoms with E-state index >= 15 is 0 Å². The molecule has 1 saturated heterocycles. The monoisotopic (exact) mass is 286 g/mol. The summed E-state index contributed by atoms with van der Waals surface area (Å²) in [5, 5.41) is 3.17. The van der Waals surface area contributed by atoms with Gasteiger partial charge in [0.05, 0.1) is 19.3 Å². The number of nitrogens with zero attached hydrogens (tertiary/aromatic N) is 1. The number of hydrogen-bond acceptors (Lipinski definition) is 6. The quantitative estimate of drug-likeness (QED) is 0.719. The molecule has 2 fully saturated rings. The molecule has 0 bridgehead atoms. The van der Waals surface area contributed by atoms with Crippen molar-refractivity contribution in [2.24, 2.45) is 0 Å². The molecule has 0 aromatic carbocycles. The second-order valence-electron chi connectivity index (χ2n) is 5.72. The maximum Gasteiger partial charge on any atom is 0.326 e. The molecule has 1 aliphatic heterocycles. The first-order chi connectivity index (χ1) is 9.60. The summed E-state index contributed by atoms with van der Waals surface area (Å²) >= 11 is 0. The summed E-state index contributed by atoms with van der Waals surface area (Å²) in [6, 6.07) is 0.374. The highest BCUT2D eigenvalue weighted by atomic mass is 16.5. The van der Waals surface area contributed by atoms with Gasteiger partial charge in [0.2, 0.25) is 0 Å². The SMILES string of the molecule is CNC1(C(=O)OC)CCC(N2CC(OC)C(OC)C2)C1. The van der Waals surface area contributed by atoms with E-state index in [1.165, 1.54) is 7.11 Å². The fourth-order valence-corrected chi connectivity index (χ4v) is 3.56. The minimum absolute atomic E-state index is 0.114. The van der Waals surface area contributed by atoms with Gasteiger partial charge in [-0.3, -0.25) is 9.69 Å². The number of methoxy groups -OCH3 is 3. The van der Waals surface area contributed by atoms with Crippen molar-refractivity contribution >= 4 is 5.97 Å². The number of likely N-dealkylation sites (tertiary alicyclic amines) is 1. The molecule has 1 aliphatic carbocycles. The Morgan fingerprint density at radius 1 is 1.20 bits per heavy atom. The standard InChI is InChI=1S/C14H26N2O4/c1-15-14(13(17)20-4)6-5-10(7-14)16-8-11(18-2)12(9-16)19-3/h10-12,15H,5-9H2,1-4H3. The molecular weight excluding hydrogens is 260 g/mol. The largest absolute Gasteiger partial charge is 0.468 e. The summed E-state index contributed by atoms with van der Waals surface area (Å²) in [6.07, 6.45) is 2.81. The summed E-state index contributed by atoms with van der Waals surface area (Å²) in [4.78, 5) is 14.4. The molecule has 0 aromatic heterocycles. The van der Waals surface area contributed by atoms with E-state index < -0.39 is 5.54 Å². The first-order valence-corrected chi connectivity index (χ1v) is 7.17. The van der Waals surface area contributed by atoms with Gasteiger partial charge in [-0.2, -0.15) is 0 Å². The number of carbonyl (C=O) groups excluding carboxylic acids is 1. The van der Waals surface area contributed by atoms with E-state index in [0.29, 0.717) is 6.04 Å². The van der Waals surface area contributed by atoms with Gasteiger partial charge in [-0.1, -0.05) is 0 Å². The van der Waals surface area contributed by atoms with Gasteiger partial charge in [-0.05, 0) is 26.3 Å². The summed E-state index contributed by atoms with van der Waals surface area (Å²) in [7, 11) is 6.73. The van der Waals surface area contributed by atoms with Crippen LogP contribution in [0.15, 0.2) is 0 Å². The Balaban J connectivity index is 2.01. The Morgan fingerprint density at radius 3 is 2.25 bits per heavy atom. The number of carbonyl (C=O) groups is 1. The van der Waals surface area contributed by atoms with Crippen molar-refractivity contribution in [1.82, 2.24) is 10.2 Å². The van der Waals surface area contributed by atoms with Crippen LogP contribution >= 0.6 is 0 Å². The summed E-state index contributed by atoms with van der Waals surface area (Å²) in [5.74, 6) is -0.159. The molecular formula is C14H26N2O4. The Labute approximate surface area is 120 Å². The minimum atomic E-state index is -0.535. The van der Waals surface area contributed by atoms with Crippen LogP contribution in [-0.2, 0) is 19.0 Å². The maximum absolute atomic E-state index is 12.0. The molecule has 2 rings (SSSR count). The van der Waals surface area contributed by atoms with E-state index in [1.54, 1.807) is 14.2 Å². The van der Waals surface area contributed by atoms with Gasteiger partial charge in [0.15, 0.2) is 0 Å². The molecule has 6 nitrogen and oxygen atoms in total. The number of rotatable bonds is 5. The third-order valence-corrected chi connectivity index (χ3v) is 4.91. The van der Waals surface area contributed by atoms with Gasteiger partial charge in [0.25, 0.3) is 0 Å². The van der Waals surface area contributed by atoms with E-state index in [4.69, 9.17) is 14.2 Å². The summed E-state index contributed by atoms with van der Waals surface area (Å²) in [6.45, 7) is 1.72. The highest BCUT2D eigenvalue weighted by Gasteiger charge is 2.48. The fourth-order valence-electron chi connectivity index (χ4n) is 3.56. The molecule has 0 spiro atoms.